The SMILES string of the molecule is CCCc1cc(NCc2ncccc2C)ncn1. The molecule has 0 saturated heterocycles. The Kier molecular flexibility index (Phi) is 4.23. The number of aryl methyl sites for hydroxylation is 2. The predicted molar refractivity (Wildman–Crippen MR) is 72.3 cm³/mol. The summed E-state index contributed by atoms with van der Waals surface area (Å²) in [6.45, 7) is 4.90. The summed E-state index contributed by atoms with van der Waals surface area (Å²) in [6.07, 6.45) is 5.50. The molecule has 0 spiro atoms. The van der Waals surface area contributed by atoms with Crippen LogP contribution in [0.4, 0.5) is 5.82 Å². The Morgan fingerprint density at radius 3 is 2.89 bits per heavy atom. The Labute approximate surface area is 108 Å². The van der Waals surface area contributed by atoms with Crippen LogP contribution < -0.4 is 5.32 Å². The lowest BCUT2D eigenvalue weighted by atomic mass is 10.2. The summed E-state index contributed by atoms with van der Waals surface area (Å²) in [6, 6.07) is 6.01. The Morgan fingerprint density at radius 2 is 2.11 bits per heavy atom. The van der Waals surface area contributed by atoms with Gasteiger partial charge in [-0.05, 0) is 25.0 Å². The fourth-order valence-electron chi connectivity index (χ4n) is 1.76. The van der Waals surface area contributed by atoms with Gasteiger partial charge in [-0.1, -0.05) is 19.4 Å². The molecule has 0 aliphatic rings. The van der Waals surface area contributed by atoms with E-state index in [1.807, 2.05) is 18.3 Å². The molecular formula is C14H18N4. The zero-order valence-electron chi connectivity index (χ0n) is 10.8. The van der Waals surface area contributed by atoms with Crippen LogP contribution in [0.1, 0.15) is 30.3 Å². The first-order chi connectivity index (χ1) is 8.79. The van der Waals surface area contributed by atoms with Crippen molar-refractivity contribution in [3.63, 3.8) is 0 Å². The van der Waals surface area contributed by atoms with Crippen molar-refractivity contribution in [2.75, 3.05) is 5.32 Å². The average Bonchev–Trinajstić information content (AvgIpc) is 2.39. The summed E-state index contributed by atoms with van der Waals surface area (Å²) in [7, 11) is 0. The third kappa shape index (κ3) is 3.26. The number of hydrogen-bond acceptors (Lipinski definition) is 4. The van der Waals surface area contributed by atoms with E-state index in [0.717, 1.165) is 30.0 Å². The average molecular weight is 242 g/mol. The van der Waals surface area contributed by atoms with E-state index in [4.69, 9.17) is 0 Å². The van der Waals surface area contributed by atoms with Gasteiger partial charge < -0.3 is 5.32 Å². The van der Waals surface area contributed by atoms with Crippen LogP contribution in [-0.2, 0) is 13.0 Å². The second-order valence-corrected chi connectivity index (χ2v) is 4.27. The third-order valence-electron chi connectivity index (χ3n) is 2.78. The molecule has 2 rings (SSSR count). The van der Waals surface area contributed by atoms with Crippen LogP contribution in [0.25, 0.3) is 0 Å². The van der Waals surface area contributed by atoms with Crippen LogP contribution in [0, 0.1) is 6.92 Å². The maximum atomic E-state index is 4.35. The van der Waals surface area contributed by atoms with Crippen molar-refractivity contribution in [2.24, 2.45) is 0 Å². The molecule has 0 fully saturated rings. The van der Waals surface area contributed by atoms with Crippen molar-refractivity contribution in [3.05, 3.63) is 47.7 Å². The van der Waals surface area contributed by atoms with Gasteiger partial charge in [0.25, 0.3) is 0 Å². The first-order valence-electron chi connectivity index (χ1n) is 6.25. The van der Waals surface area contributed by atoms with Gasteiger partial charge in [0.15, 0.2) is 0 Å². The normalized spacial score (nSPS) is 10.3. The summed E-state index contributed by atoms with van der Waals surface area (Å²) in [5.74, 6) is 0.860. The van der Waals surface area contributed by atoms with Crippen LogP contribution in [-0.4, -0.2) is 15.0 Å². The number of aromatic nitrogens is 3. The number of hydrogen-bond donors (Lipinski definition) is 1. The maximum Gasteiger partial charge on any atom is 0.129 e. The van der Waals surface area contributed by atoms with Gasteiger partial charge in [0.2, 0.25) is 0 Å². The summed E-state index contributed by atoms with van der Waals surface area (Å²) < 4.78 is 0. The van der Waals surface area contributed by atoms with Gasteiger partial charge in [0.1, 0.15) is 12.1 Å². The van der Waals surface area contributed by atoms with E-state index in [0.29, 0.717) is 6.54 Å². The molecule has 0 aromatic carbocycles. The van der Waals surface area contributed by atoms with Gasteiger partial charge >= 0.3 is 0 Å². The molecule has 0 aliphatic heterocycles. The van der Waals surface area contributed by atoms with E-state index >= 15 is 0 Å². The molecule has 0 amide bonds. The minimum atomic E-state index is 0.690. The smallest absolute Gasteiger partial charge is 0.129 e. The standard InChI is InChI=1S/C14H18N4/c1-3-5-12-8-14(18-10-17-12)16-9-13-11(2)6-4-7-15-13/h4,6-8,10H,3,5,9H2,1-2H3,(H,16,17,18). The lowest BCUT2D eigenvalue weighted by Gasteiger charge is -2.07. The number of rotatable bonds is 5. The van der Waals surface area contributed by atoms with Crippen molar-refractivity contribution in [1.82, 2.24) is 15.0 Å². The Hall–Kier alpha value is -1.97. The topological polar surface area (TPSA) is 50.7 Å². The number of nitrogens with one attached hydrogen (secondary N) is 1. The van der Waals surface area contributed by atoms with Gasteiger partial charge in [-0.25, -0.2) is 9.97 Å². The second-order valence-electron chi connectivity index (χ2n) is 4.27. The van der Waals surface area contributed by atoms with Crippen molar-refractivity contribution in [1.29, 1.82) is 0 Å². The highest BCUT2D eigenvalue weighted by Crippen LogP contribution is 2.09. The molecule has 0 atom stereocenters. The van der Waals surface area contributed by atoms with Gasteiger partial charge in [-0.2, -0.15) is 0 Å². The molecule has 2 aromatic heterocycles. The molecule has 94 valence electrons. The van der Waals surface area contributed by atoms with Gasteiger partial charge in [-0.15, -0.1) is 0 Å². The highest BCUT2D eigenvalue weighted by Gasteiger charge is 2.01. The van der Waals surface area contributed by atoms with E-state index in [1.54, 1.807) is 6.33 Å². The first-order valence-corrected chi connectivity index (χ1v) is 6.25. The number of pyridine rings is 1. The molecule has 0 aliphatic carbocycles. The molecule has 0 unspecified atom stereocenters. The molecule has 1 N–H and O–H groups in total. The largest absolute Gasteiger partial charge is 0.364 e. The Bertz CT molecular complexity index is 511. The molecule has 2 aromatic rings. The highest BCUT2D eigenvalue weighted by molar-refractivity contribution is 5.36. The van der Waals surface area contributed by atoms with Crippen LogP contribution in [0.3, 0.4) is 0 Å². The van der Waals surface area contributed by atoms with Crippen molar-refractivity contribution in [2.45, 2.75) is 33.2 Å². The molecular weight excluding hydrogens is 224 g/mol. The van der Waals surface area contributed by atoms with E-state index in [2.05, 4.69) is 40.2 Å². The summed E-state index contributed by atoms with van der Waals surface area (Å²) >= 11 is 0. The molecule has 2 heterocycles. The van der Waals surface area contributed by atoms with Crippen LogP contribution in [0.5, 0.6) is 0 Å². The summed E-state index contributed by atoms with van der Waals surface area (Å²) in [4.78, 5) is 12.8. The van der Waals surface area contributed by atoms with Crippen molar-refractivity contribution < 1.29 is 0 Å². The first kappa shape index (κ1) is 12.5. The van der Waals surface area contributed by atoms with Gasteiger partial charge in [-0.3, -0.25) is 4.98 Å². The zero-order valence-corrected chi connectivity index (χ0v) is 10.8. The zero-order chi connectivity index (χ0) is 12.8. The predicted octanol–water partition coefficient (Wildman–Crippen LogP) is 2.74. The number of nitrogens with zero attached hydrogens (tertiary/aromatic N) is 3. The minimum Gasteiger partial charge on any atom is -0.364 e. The molecule has 0 bridgehead atoms. The molecule has 0 saturated carbocycles. The van der Waals surface area contributed by atoms with E-state index < -0.39 is 0 Å². The fourth-order valence-corrected chi connectivity index (χ4v) is 1.76. The van der Waals surface area contributed by atoms with Gasteiger partial charge in [0, 0.05) is 18.0 Å². The monoisotopic (exact) mass is 242 g/mol. The fraction of sp³-hybridized carbons (Fsp3) is 0.357. The lowest BCUT2D eigenvalue weighted by molar-refractivity contribution is 0.870. The molecule has 4 nitrogen and oxygen atoms in total. The van der Waals surface area contributed by atoms with Crippen LogP contribution in [0.2, 0.25) is 0 Å². The number of anilines is 1. The second kappa shape index (κ2) is 6.10. The minimum absolute atomic E-state index is 0.690. The third-order valence-corrected chi connectivity index (χ3v) is 2.78. The maximum absolute atomic E-state index is 4.35. The molecule has 4 heteroatoms. The summed E-state index contributed by atoms with van der Waals surface area (Å²) in [5.41, 5.74) is 3.31. The van der Waals surface area contributed by atoms with Crippen molar-refractivity contribution >= 4 is 5.82 Å². The van der Waals surface area contributed by atoms with E-state index in [1.165, 1.54) is 5.56 Å². The van der Waals surface area contributed by atoms with E-state index in [-0.39, 0.29) is 0 Å². The van der Waals surface area contributed by atoms with Crippen molar-refractivity contribution in [3.8, 4) is 0 Å². The molecule has 0 radical (unpaired) electrons. The Balaban J connectivity index is 2.02. The van der Waals surface area contributed by atoms with E-state index in [9.17, 15) is 0 Å². The molecule has 18 heavy (non-hydrogen) atoms. The van der Waals surface area contributed by atoms with Crippen LogP contribution in [0.15, 0.2) is 30.7 Å². The quantitative estimate of drug-likeness (QED) is 0.876. The lowest BCUT2D eigenvalue weighted by Crippen LogP contribution is -2.05. The Morgan fingerprint density at radius 1 is 1.22 bits per heavy atom. The van der Waals surface area contributed by atoms with Crippen LogP contribution >= 0.6 is 0 Å². The highest BCUT2D eigenvalue weighted by atomic mass is 15.0. The van der Waals surface area contributed by atoms with Gasteiger partial charge in [0.05, 0.1) is 12.2 Å². The summed E-state index contributed by atoms with van der Waals surface area (Å²) in [5, 5.41) is 3.29.